The molecular formula is C16H24N2O3. The van der Waals surface area contributed by atoms with Crippen LogP contribution in [0.15, 0.2) is 18.2 Å². The van der Waals surface area contributed by atoms with Crippen molar-refractivity contribution in [2.45, 2.75) is 32.5 Å². The molecule has 1 heterocycles. The Morgan fingerprint density at radius 3 is 2.76 bits per heavy atom. The number of aryl methyl sites for hydroxylation is 1. The Hall–Kier alpha value is -1.59. The first-order valence-electron chi connectivity index (χ1n) is 7.30. The summed E-state index contributed by atoms with van der Waals surface area (Å²) in [6.45, 7) is 5.01. The van der Waals surface area contributed by atoms with E-state index >= 15 is 0 Å². The first kappa shape index (κ1) is 15.8. The highest BCUT2D eigenvalue weighted by atomic mass is 16.5. The van der Waals surface area contributed by atoms with E-state index in [1.165, 1.54) is 0 Å². The molecule has 1 aliphatic rings. The smallest absolute Gasteiger partial charge is 0.238 e. The van der Waals surface area contributed by atoms with Crippen molar-refractivity contribution in [1.29, 1.82) is 0 Å². The number of hydrogen-bond donors (Lipinski definition) is 1. The predicted molar refractivity (Wildman–Crippen MR) is 81.3 cm³/mol. The van der Waals surface area contributed by atoms with Gasteiger partial charge in [-0.05, 0) is 36.6 Å². The average Bonchev–Trinajstić information content (AvgIpc) is 2.86. The molecule has 1 aliphatic heterocycles. The monoisotopic (exact) mass is 292 g/mol. The van der Waals surface area contributed by atoms with Crippen molar-refractivity contribution in [1.82, 2.24) is 10.2 Å². The van der Waals surface area contributed by atoms with E-state index in [0.29, 0.717) is 13.2 Å². The number of methoxy groups -OCH3 is 2. The molecule has 0 radical (unpaired) electrons. The van der Waals surface area contributed by atoms with Gasteiger partial charge in [-0.15, -0.1) is 0 Å². The molecular weight excluding hydrogens is 268 g/mol. The molecule has 0 spiro atoms. The molecule has 1 amide bonds. The van der Waals surface area contributed by atoms with Gasteiger partial charge in [0.1, 0.15) is 11.9 Å². The van der Waals surface area contributed by atoms with Gasteiger partial charge in [-0.25, -0.2) is 0 Å². The number of amides is 1. The quantitative estimate of drug-likeness (QED) is 0.869. The molecule has 2 unspecified atom stereocenters. The summed E-state index contributed by atoms with van der Waals surface area (Å²) >= 11 is 0. The first-order valence-corrected chi connectivity index (χ1v) is 7.30. The maximum atomic E-state index is 12.2. The van der Waals surface area contributed by atoms with Gasteiger partial charge in [-0.3, -0.25) is 10.1 Å². The fourth-order valence-electron chi connectivity index (χ4n) is 2.87. The third kappa shape index (κ3) is 3.19. The Morgan fingerprint density at radius 2 is 2.19 bits per heavy atom. The summed E-state index contributed by atoms with van der Waals surface area (Å²) in [6, 6.07) is 6.12. The normalized spacial score (nSPS) is 19.9. The van der Waals surface area contributed by atoms with Crippen molar-refractivity contribution in [2.75, 3.05) is 27.4 Å². The number of rotatable bonds is 6. The minimum absolute atomic E-state index is 0.0879. The largest absolute Gasteiger partial charge is 0.496 e. The Bertz CT molecular complexity index is 504. The Balaban J connectivity index is 2.28. The van der Waals surface area contributed by atoms with Crippen LogP contribution in [0.2, 0.25) is 0 Å². The lowest BCUT2D eigenvalue weighted by molar-refractivity contribution is -0.131. The molecule has 5 nitrogen and oxygen atoms in total. The van der Waals surface area contributed by atoms with Gasteiger partial charge in [0, 0.05) is 7.11 Å². The van der Waals surface area contributed by atoms with Crippen molar-refractivity contribution >= 4 is 5.91 Å². The van der Waals surface area contributed by atoms with Crippen LogP contribution in [-0.2, 0) is 9.53 Å². The Kier molecular flexibility index (Phi) is 5.20. The topological polar surface area (TPSA) is 50.8 Å². The summed E-state index contributed by atoms with van der Waals surface area (Å²) in [7, 11) is 3.33. The van der Waals surface area contributed by atoms with Crippen LogP contribution in [-0.4, -0.2) is 44.2 Å². The number of carbonyl (C=O) groups is 1. The maximum absolute atomic E-state index is 12.2. The first-order chi connectivity index (χ1) is 10.1. The van der Waals surface area contributed by atoms with Crippen molar-refractivity contribution < 1.29 is 14.3 Å². The highest BCUT2D eigenvalue weighted by molar-refractivity contribution is 5.81. The lowest BCUT2D eigenvalue weighted by atomic mass is 10.1. The summed E-state index contributed by atoms with van der Waals surface area (Å²) in [4.78, 5) is 14.1. The zero-order valence-electron chi connectivity index (χ0n) is 13.2. The number of nitrogens with one attached hydrogen (secondary N) is 1. The van der Waals surface area contributed by atoms with E-state index in [4.69, 9.17) is 9.47 Å². The highest BCUT2D eigenvalue weighted by Gasteiger charge is 2.36. The van der Waals surface area contributed by atoms with Gasteiger partial charge in [0.25, 0.3) is 0 Å². The fourth-order valence-corrected chi connectivity index (χ4v) is 2.87. The SMILES string of the molecule is CCC(COC)N1C(=O)CNC1c1ccc(OC)c(C)c1. The van der Waals surface area contributed by atoms with Crippen LogP contribution in [0.5, 0.6) is 5.75 Å². The van der Waals surface area contributed by atoms with Crippen LogP contribution in [0.4, 0.5) is 0 Å². The zero-order valence-corrected chi connectivity index (χ0v) is 13.2. The van der Waals surface area contributed by atoms with Crippen molar-refractivity contribution in [2.24, 2.45) is 0 Å². The van der Waals surface area contributed by atoms with E-state index in [1.54, 1.807) is 14.2 Å². The van der Waals surface area contributed by atoms with E-state index in [1.807, 2.05) is 24.0 Å². The molecule has 2 atom stereocenters. The zero-order chi connectivity index (χ0) is 15.4. The number of nitrogens with zero attached hydrogens (tertiary/aromatic N) is 1. The Morgan fingerprint density at radius 1 is 1.43 bits per heavy atom. The molecule has 2 rings (SSSR count). The maximum Gasteiger partial charge on any atom is 0.238 e. The number of benzene rings is 1. The summed E-state index contributed by atoms with van der Waals surface area (Å²) in [5.41, 5.74) is 2.14. The lowest BCUT2D eigenvalue weighted by Gasteiger charge is -2.32. The van der Waals surface area contributed by atoms with Gasteiger partial charge in [0.15, 0.2) is 0 Å². The van der Waals surface area contributed by atoms with Gasteiger partial charge in [0.05, 0.1) is 26.3 Å². The van der Waals surface area contributed by atoms with Gasteiger partial charge >= 0.3 is 0 Å². The Labute approximate surface area is 126 Å². The summed E-state index contributed by atoms with van der Waals surface area (Å²) < 4.78 is 10.6. The molecule has 1 aromatic rings. The minimum atomic E-state index is -0.0952. The van der Waals surface area contributed by atoms with E-state index < -0.39 is 0 Å². The third-order valence-electron chi connectivity index (χ3n) is 3.97. The lowest BCUT2D eigenvalue weighted by Crippen LogP contribution is -2.41. The third-order valence-corrected chi connectivity index (χ3v) is 3.97. The van der Waals surface area contributed by atoms with E-state index in [-0.39, 0.29) is 18.1 Å². The molecule has 1 aromatic carbocycles. The standard InChI is InChI=1S/C16H24N2O3/c1-5-13(10-20-3)18-15(19)9-17-16(18)12-6-7-14(21-4)11(2)8-12/h6-8,13,16-17H,5,9-10H2,1-4H3. The molecule has 1 saturated heterocycles. The van der Waals surface area contributed by atoms with Crippen LogP contribution < -0.4 is 10.1 Å². The summed E-state index contributed by atoms with van der Waals surface area (Å²) in [5, 5.41) is 3.29. The van der Waals surface area contributed by atoms with Crippen LogP contribution >= 0.6 is 0 Å². The summed E-state index contributed by atoms with van der Waals surface area (Å²) in [5.74, 6) is 0.982. The van der Waals surface area contributed by atoms with E-state index in [0.717, 1.165) is 23.3 Å². The predicted octanol–water partition coefficient (Wildman–Crippen LogP) is 1.86. The summed E-state index contributed by atoms with van der Waals surface area (Å²) in [6.07, 6.45) is 0.773. The molecule has 0 bridgehead atoms. The van der Waals surface area contributed by atoms with Gasteiger partial charge < -0.3 is 14.4 Å². The second-order valence-corrected chi connectivity index (χ2v) is 5.33. The second kappa shape index (κ2) is 6.91. The van der Waals surface area contributed by atoms with Gasteiger partial charge in [-0.2, -0.15) is 0 Å². The van der Waals surface area contributed by atoms with Crippen molar-refractivity contribution in [3.8, 4) is 5.75 Å². The number of carbonyl (C=O) groups excluding carboxylic acids is 1. The molecule has 21 heavy (non-hydrogen) atoms. The highest BCUT2D eigenvalue weighted by Crippen LogP contribution is 2.29. The molecule has 0 saturated carbocycles. The van der Waals surface area contributed by atoms with Crippen LogP contribution in [0.3, 0.4) is 0 Å². The van der Waals surface area contributed by atoms with Crippen molar-refractivity contribution in [3.63, 3.8) is 0 Å². The number of hydrogen-bond acceptors (Lipinski definition) is 4. The van der Waals surface area contributed by atoms with Crippen LogP contribution in [0.25, 0.3) is 0 Å². The fraction of sp³-hybridized carbons (Fsp3) is 0.562. The molecule has 1 fully saturated rings. The second-order valence-electron chi connectivity index (χ2n) is 5.33. The van der Waals surface area contributed by atoms with Crippen molar-refractivity contribution in [3.05, 3.63) is 29.3 Å². The van der Waals surface area contributed by atoms with Crippen LogP contribution in [0.1, 0.15) is 30.6 Å². The number of ether oxygens (including phenoxy) is 2. The molecule has 1 N–H and O–H groups in total. The molecule has 5 heteroatoms. The molecule has 116 valence electrons. The van der Waals surface area contributed by atoms with Gasteiger partial charge in [-0.1, -0.05) is 13.0 Å². The van der Waals surface area contributed by atoms with Gasteiger partial charge in [0.2, 0.25) is 5.91 Å². The molecule has 0 aliphatic carbocycles. The van der Waals surface area contributed by atoms with Crippen LogP contribution in [0, 0.1) is 6.92 Å². The van der Waals surface area contributed by atoms with E-state index in [9.17, 15) is 4.79 Å². The molecule has 0 aromatic heterocycles. The minimum Gasteiger partial charge on any atom is -0.496 e. The van der Waals surface area contributed by atoms with E-state index in [2.05, 4.69) is 18.3 Å². The average molecular weight is 292 g/mol.